The molecule has 0 aliphatic heterocycles. The highest BCUT2D eigenvalue weighted by molar-refractivity contribution is 7.54. The lowest BCUT2D eigenvalue weighted by molar-refractivity contribution is 0.100. The summed E-state index contributed by atoms with van der Waals surface area (Å²) in [5.41, 5.74) is 1.21. The minimum absolute atomic E-state index is 0.155. The lowest BCUT2D eigenvalue weighted by Gasteiger charge is -2.13. The van der Waals surface area contributed by atoms with Crippen molar-refractivity contribution >= 4 is 13.4 Å². The second kappa shape index (κ2) is 7.46. The van der Waals surface area contributed by atoms with Gasteiger partial charge in [-0.2, -0.15) is 0 Å². The van der Waals surface area contributed by atoms with Crippen LogP contribution in [0.2, 0.25) is 0 Å². The van der Waals surface area contributed by atoms with Crippen LogP contribution < -0.4 is 4.74 Å². The number of aromatic nitrogens is 2. The zero-order valence-electron chi connectivity index (χ0n) is 13.1. The van der Waals surface area contributed by atoms with E-state index in [2.05, 4.69) is 9.97 Å². The molecule has 0 saturated carbocycles. The molecule has 2 aromatic heterocycles. The molecule has 2 rings (SSSR count). The summed E-state index contributed by atoms with van der Waals surface area (Å²) in [5.74, 6) is -0.0264. The van der Waals surface area contributed by atoms with Gasteiger partial charge in [0.1, 0.15) is 11.9 Å². The number of ether oxygens (including phenoxy) is 1. The molecule has 122 valence electrons. The molecule has 0 amide bonds. The smallest absolute Gasteiger partial charge is 0.337 e. The van der Waals surface area contributed by atoms with E-state index in [1.165, 1.54) is 27.5 Å². The zero-order valence-corrected chi connectivity index (χ0v) is 13.9. The molecule has 23 heavy (non-hydrogen) atoms. The Kier molecular flexibility index (Phi) is 5.60. The van der Waals surface area contributed by atoms with Gasteiger partial charge in [0.15, 0.2) is 5.78 Å². The van der Waals surface area contributed by atoms with Gasteiger partial charge in [0.25, 0.3) is 0 Å². The van der Waals surface area contributed by atoms with Gasteiger partial charge in [0.2, 0.25) is 5.88 Å². The van der Waals surface area contributed by atoms with E-state index in [9.17, 15) is 9.36 Å². The Labute approximate surface area is 134 Å². The first-order chi connectivity index (χ1) is 11.0. The highest BCUT2D eigenvalue weighted by Crippen LogP contribution is 2.46. The topological polar surface area (TPSA) is 87.6 Å². The van der Waals surface area contributed by atoms with Crippen LogP contribution >= 0.6 is 7.60 Å². The van der Waals surface area contributed by atoms with Crippen molar-refractivity contribution in [3.05, 3.63) is 42.2 Å². The molecule has 2 aromatic rings. The molecule has 0 fully saturated rings. The summed E-state index contributed by atoms with van der Waals surface area (Å²) in [6.07, 6.45) is 1.09. The van der Waals surface area contributed by atoms with Crippen molar-refractivity contribution in [2.24, 2.45) is 0 Å². The molecule has 2 heterocycles. The minimum atomic E-state index is -3.46. The van der Waals surface area contributed by atoms with Gasteiger partial charge in [0, 0.05) is 32.0 Å². The average Bonchev–Trinajstić information content (AvgIpc) is 2.61. The molecule has 0 aliphatic carbocycles. The number of methoxy groups -OCH3 is 1. The van der Waals surface area contributed by atoms with E-state index >= 15 is 0 Å². The van der Waals surface area contributed by atoms with Crippen molar-refractivity contribution in [3.63, 3.8) is 0 Å². The maximum Gasteiger partial charge on any atom is 0.337 e. The summed E-state index contributed by atoms with van der Waals surface area (Å²) in [6, 6.07) is 8.61. The highest BCUT2D eigenvalue weighted by atomic mass is 31.2. The summed E-state index contributed by atoms with van der Waals surface area (Å²) < 4.78 is 26.9. The molecule has 0 bridgehead atoms. The van der Waals surface area contributed by atoms with Crippen LogP contribution in [0.1, 0.15) is 10.5 Å². The van der Waals surface area contributed by atoms with Crippen LogP contribution in [0.15, 0.2) is 36.5 Å². The number of Topliss-reactive ketones (excluding diaryl/α,β-unsaturated/α-hetero) is 1. The normalized spacial score (nSPS) is 11.3. The molecule has 0 saturated heterocycles. The first kappa shape index (κ1) is 17.3. The Balaban J connectivity index is 2.41. The van der Waals surface area contributed by atoms with Crippen molar-refractivity contribution in [3.8, 4) is 17.1 Å². The highest BCUT2D eigenvalue weighted by Gasteiger charge is 2.28. The van der Waals surface area contributed by atoms with Gasteiger partial charge >= 0.3 is 7.60 Å². The van der Waals surface area contributed by atoms with E-state index in [1.807, 2.05) is 0 Å². The number of ketones is 1. The fourth-order valence-corrected chi connectivity index (χ4v) is 2.88. The Morgan fingerprint density at radius 2 is 1.87 bits per heavy atom. The van der Waals surface area contributed by atoms with Gasteiger partial charge in [-0.05, 0) is 18.2 Å². The summed E-state index contributed by atoms with van der Waals surface area (Å²) in [7, 11) is 0.518. The summed E-state index contributed by atoms with van der Waals surface area (Å²) >= 11 is 0. The number of carbonyl (C=O) groups is 1. The zero-order chi connectivity index (χ0) is 16.9. The Morgan fingerprint density at radius 3 is 2.52 bits per heavy atom. The largest absolute Gasteiger partial charge is 0.481 e. The van der Waals surface area contributed by atoms with E-state index in [4.69, 9.17) is 13.8 Å². The van der Waals surface area contributed by atoms with Crippen LogP contribution in [-0.2, 0) is 13.6 Å². The number of rotatable bonds is 7. The molecular weight excluding hydrogens is 319 g/mol. The molecule has 0 unspecified atom stereocenters. The van der Waals surface area contributed by atoms with Crippen molar-refractivity contribution in [1.29, 1.82) is 0 Å². The van der Waals surface area contributed by atoms with Gasteiger partial charge < -0.3 is 13.8 Å². The van der Waals surface area contributed by atoms with Crippen molar-refractivity contribution in [1.82, 2.24) is 9.97 Å². The number of pyridine rings is 2. The molecule has 8 heteroatoms. The molecule has 0 spiro atoms. The number of nitrogens with zero attached hydrogens (tertiary/aromatic N) is 2. The van der Waals surface area contributed by atoms with Gasteiger partial charge in [-0.3, -0.25) is 14.3 Å². The van der Waals surface area contributed by atoms with Crippen molar-refractivity contribution in [2.75, 3.05) is 27.5 Å². The fourth-order valence-electron chi connectivity index (χ4n) is 1.97. The summed E-state index contributed by atoms with van der Waals surface area (Å²) in [5, 5.41) is 0. The van der Waals surface area contributed by atoms with Crippen LogP contribution in [0.5, 0.6) is 5.88 Å². The number of hydrogen-bond acceptors (Lipinski definition) is 7. The Morgan fingerprint density at radius 1 is 1.13 bits per heavy atom. The maximum atomic E-state index is 12.5. The first-order valence-corrected chi connectivity index (χ1v) is 8.46. The van der Waals surface area contributed by atoms with Crippen LogP contribution in [0.4, 0.5) is 0 Å². The third kappa shape index (κ3) is 4.01. The monoisotopic (exact) mass is 336 g/mol. The standard InChI is InChI=1S/C15H17N2O5P/c1-20-14-8-4-7-12(17-14)11-6-5-9-16-15(11)13(18)10-23(19,21-2)22-3/h4-9H,10H2,1-3H3. The van der Waals surface area contributed by atoms with Crippen molar-refractivity contribution in [2.45, 2.75) is 0 Å². The first-order valence-electron chi connectivity index (χ1n) is 6.73. The summed E-state index contributed by atoms with van der Waals surface area (Å²) in [4.78, 5) is 20.9. The molecule has 7 nitrogen and oxygen atoms in total. The van der Waals surface area contributed by atoms with Gasteiger partial charge in [0.05, 0.1) is 12.8 Å². The van der Waals surface area contributed by atoms with Crippen molar-refractivity contribution < 1.29 is 23.1 Å². The van der Waals surface area contributed by atoms with Crippen LogP contribution in [0, 0.1) is 0 Å². The second-order valence-corrected chi connectivity index (χ2v) is 6.79. The molecule has 0 radical (unpaired) electrons. The predicted molar refractivity (Wildman–Crippen MR) is 84.8 cm³/mol. The van der Waals surface area contributed by atoms with Crippen LogP contribution in [-0.4, -0.2) is 43.2 Å². The lowest BCUT2D eigenvalue weighted by Crippen LogP contribution is -2.12. The second-order valence-electron chi connectivity index (χ2n) is 4.52. The Bertz CT molecular complexity index is 742. The van der Waals surface area contributed by atoms with E-state index in [0.717, 1.165) is 0 Å². The molecular formula is C15H17N2O5P. The predicted octanol–water partition coefficient (Wildman–Crippen LogP) is 2.82. The number of hydrogen-bond donors (Lipinski definition) is 0. The minimum Gasteiger partial charge on any atom is -0.481 e. The van der Waals surface area contributed by atoms with Gasteiger partial charge in [-0.25, -0.2) is 4.98 Å². The SMILES string of the molecule is COc1cccc(-c2cccnc2C(=O)CP(=O)(OC)OC)n1. The van der Waals surface area contributed by atoms with E-state index < -0.39 is 19.5 Å². The third-order valence-electron chi connectivity index (χ3n) is 3.17. The van der Waals surface area contributed by atoms with E-state index in [0.29, 0.717) is 17.1 Å². The van der Waals surface area contributed by atoms with E-state index in [-0.39, 0.29) is 5.69 Å². The quantitative estimate of drug-likeness (QED) is 0.567. The number of carbonyl (C=O) groups excluding carboxylic acids is 1. The molecule has 0 N–H and O–H groups in total. The fraction of sp³-hybridized carbons (Fsp3) is 0.267. The average molecular weight is 336 g/mol. The maximum absolute atomic E-state index is 12.5. The molecule has 0 aromatic carbocycles. The van der Waals surface area contributed by atoms with Gasteiger partial charge in [-0.15, -0.1) is 0 Å². The molecule has 0 atom stereocenters. The summed E-state index contributed by atoms with van der Waals surface area (Å²) in [6.45, 7) is 0. The van der Waals surface area contributed by atoms with E-state index in [1.54, 1.807) is 30.3 Å². The lowest BCUT2D eigenvalue weighted by atomic mass is 10.1. The van der Waals surface area contributed by atoms with Crippen LogP contribution in [0.25, 0.3) is 11.3 Å². The van der Waals surface area contributed by atoms with Gasteiger partial charge in [-0.1, -0.05) is 6.07 Å². The third-order valence-corrected chi connectivity index (χ3v) is 4.96. The van der Waals surface area contributed by atoms with Crippen LogP contribution in [0.3, 0.4) is 0 Å². The molecule has 0 aliphatic rings. The Hall–Kier alpha value is -2.08.